The molecular weight excluding hydrogens is 330 g/mol. The van der Waals surface area contributed by atoms with Gasteiger partial charge in [0.25, 0.3) is 5.91 Å². The van der Waals surface area contributed by atoms with Gasteiger partial charge >= 0.3 is 5.97 Å². The molecule has 6 nitrogen and oxygen atoms in total. The number of aryl methyl sites for hydroxylation is 1. The van der Waals surface area contributed by atoms with Crippen LogP contribution in [0.15, 0.2) is 24.3 Å². The lowest BCUT2D eigenvalue weighted by Gasteiger charge is -2.12. The first kappa shape index (κ1) is 17.8. The van der Waals surface area contributed by atoms with Gasteiger partial charge in [0.2, 0.25) is 0 Å². The molecular formula is C17H19NO5S. The van der Waals surface area contributed by atoms with Gasteiger partial charge in [0.1, 0.15) is 4.88 Å². The first-order chi connectivity index (χ1) is 11.5. The average Bonchev–Trinajstić information content (AvgIpc) is 2.90. The maximum atomic E-state index is 12.4. The Morgan fingerprint density at radius 1 is 1.12 bits per heavy atom. The fourth-order valence-corrected chi connectivity index (χ4v) is 3.04. The van der Waals surface area contributed by atoms with Gasteiger partial charge in [-0.05, 0) is 50.6 Å². The third-order valence-corrected chi connectivity index (χ3v) is 4.29. The number of ether oxygens (including phenoxy) is 2. The molecule has 0 fully saturated rings. The summed E-state index contributed by atoms with van der Waals surface area (Å²) >= 11 is 1.03. The molecule has 2 N–H and O–H groups in total. The number of hydrogen-bond acceptors (Lipinski definition) is 5. The van der Waals surface area contributed by atoms with Gasteiger partial charge in [-0.25, -0.2) is 4.79 Å². The van der Waals surface area contributed by atoms with Crippen LogP contribution in [-0.4, -0.2) is 30.2 Å². The third-order valence-electron chi connectivity index (χ3n) is 3.15. The van der Waals surface area contributed by atoms with Gasteiger partial charge in [-0.2, -0.15) is 0 Å². The molecule has 7 heteroatoms. The summed E-state index contributed by atoms with van der Waals surface area (Å²) in [4.78, 5) is 23.7. The SMILES string of the molecule is CCOc1ccc(C(=O)Nc2cc(C)c(C(=O)O)s2)cc1OCC. The zero-order valence-corrected chi connectivity index (χ0v) is 14.5. The molecule has 128 valence electrons. The standard InChI is InChI=1S/C17H19NO5S/c1-4-22-12-7-6-11(9-13(12)23-5-2)16(19)18-14-8-10(3)15(24-14)17(20)21/h6-9H,4-5H2,1-3H3,(H,18,19)(H,20,21). The number of amides is 1. The van der Waals surface area contributed by atoms with Crippen LogP contribution in [0.3, 0.4) is 0 Å². The molecule has 0 aliphatic carbocycles. The van der Waals surface area contributed by atoms with E-state index in [0.717, 1.165) is 11.3 Å². The minimum Gasteiger partial charge on any atom is -0.490 e. The molecule has 1 amide bonds. The molecule has 0 saturated carbocycles. The number of nitrogens with one attached hydrogen (secondary N) is 1. The van der Waals surface area contributed by atoms with Crippen LogP contribution >= 0.6 is 11.3 Å². The molecule has 0 aliphatic heterocycles. The zero-order chi connectivity index (χ0) is 17.7. The van der Waals surface area contributed by atoms with Crippen molar-refractivity contribution in [3.63, 3.8) is 0 Å². The molecule has 1 aromatic carbocycles. The molecule has 0 atom stereocenters. The number of benzene rings is 1. The van der Waals surface area contributed by atoms with Gasteiger partial charge in [0.05, 0.1) is 18.2 Å². The second-order valence-corrected chi connectivity index (χ2v) is 5.96. The van der Waals surface area contributed by atoms with E-state index in [9.17, 15) is 9.59 Å². The number of carbonyl (C=O) groups is 2. The Balaban J connectivity index is 2.21. The van der Waals surface area contributed by atoms with Crippen molar-refractivity contribution in [2.24, 2.45) is 0 Å². The predicted octanol–water partition coefficient (Wildman–Crippen LogP) is 3.80. The normalized spacial score (nSPS) is 10.3. The van der Waals surface area contributed by atoms with E-state index >= 15 is 0 Å². The fraction of sp³-hybridized carbons (Fsp3) is 0.294. The lowest BCUT2D eigenvalue weighted by Crippen LogP contribution is -2.11. The highest BCUT2D eigenvalue weighted by Crippen LogP contribution is 2.30. The first-order valence-corrected chi connectivity index (χ1v) is 8.32. The van der Waals surface area contributed by atoms with Crippen molar-refractivity contribution in [1.82, 2.24) is 0 Å². The topological polar surface area (TPSA) is 84.9 Å². The Hall–Kier alpha value is -2.54. The van der Waals surface area contributed by atoms with Gasteiger partial charge in [-0.3, -0.25) is 4.79 Å². The summed E-state index contributed by atoms with van der Waals surface area (Å²) in [7, 11) is 0. The van der Waals surface area contributed by atoms with E-state index in [0.29, 0.717) is 40.8 Å². The van der Waals surface area contributed by atoms with Crippen LogP contribution in [0.4, 0.5) is 5.00 Å². The fourth-order valence-electron chi connectivity index (χ4n) is 2.13. The minimum absolute atomic E-state index is 0.215. The molecule has 24 heavy (non-hydrogen) atoms. The summed E-state index contributed by atoms with van der Waals surface area (Å²) in [5, 5.41) is 12.3. The summed E-state index contributed by atoms with van der Waals surface area (Å²) in [6.07, 6.45) is 0. The molecule has 1 aromatic heterocycles. The molecule has 0 saturated heterocycles. The van der Waals surface area contributed by atoms with E-state index in [1.807, 2.05) is 13.8 Å². The first-order valence-electron chi connectivity index (χ1n) is 7.51. The maximum Gasteiger partial charge on any atom is 0.346 e. The van der Waals surface area contributed by atoms with Crippen molar-refractivity contribution >= 4 is 28.2 Å². The van der Waals surface area contributed by atoms with Crippen molar-refractivity contribution < 1.29 is 24.2 Å². The molecule has 0 spiro atoms. The lowest BCUT2D eigenvalue weighted by atomic mass is 10.2. The van der Waals surface area contributed by atoms with Gasteiger partial charge in [0, 0.05) is 5.56 Å². The van der Waals surface area contributed by atoms with Crippen molar-refractivity contribution in [3.05, 3.63) is 40.3 Å². The predicted molar refractivity (Wildman–Crippen MR) is 92.7 cm³/mol. The largest absolute Gasteiger partial charge is 0.490 e. The Kier molecular flexibility index (Phi) is 5.81. The summed E-state index contributed by atoms with van der Waals surface area (Å²) in [5.41, 5.74) is 1.02. The number of hydrogen-bond donors (Lipinski definition) is 2. The van der Waals surface area contributed by atoms with Crippen LogP contribution in [0.25, 0.3) is 0 Å². The number of aromatic carboxylic acids is 1. The van der Waals surface area contributed by atoms with Gasteiger partial charge in [-0.1, -0.05) is 0 Å². The van der Waals surface area contributed by atoms with E-state index in [2.05, 4.69) is 5.32 Å². The van der Waals surface area contributed by atoms with E-state index in [-0.39, 0.29) is 10.8 Å². The summed E-state index contributed by atoms with van der Waals surface area (Å²) in [5.74, 6) is -0.258. The van der Waals surface area contributed by atoms with E-state index in [1.54, 1.807) is 31.2 Å². The van der Waals surface area contributed by atoms with Crippen molar-refractivity contribution in [2.45, 2.75) is 20.8 Å². The molecule has 1 heterocycles. The van der Waals surface area contributed by atoms with Crippen molar-refractivity contribution in [3.8, 4) is 11.5 Å². The van der Waals surface area contributed by atoms with Crippen LogP contribution < -0.4 is 14.8 Å². The minimum atomic E-state index is -1.00. The highest BCUT2D eigenvalue weighted by molar-refractivity contribution is 7.18. The van der Waals surface area contributed by atoms with Crippen LogP contribution in [0.2, 0.25) is 0 Å². The summed E-state index contributed by atoms with van der Waals surface area (Å²) in [6.45, 7) is 6.37. The number of thiophene rings is 1. The summed E-state index contributed by atoms with van der Waals surface area (Å²) in [6, 6.07) is 6.58. The molecule has 0 aliphatic rings. The molecule has 0 radical (unpaired) electrons. The number of carboxylic acid groups (broad SMARTS) is 1. The molecule has 2 aromatic rings. The van der Waals surface area contributed by atoms with Gasteiger partial charge in [0.15, 0.2) is 11.5 Å². The molecule has 2 rings (SSSR count). The molecule has 0 unspecified atom stereocenters. The van der Waals surface area contributed by atoms with E-state index in [1.165, 1.54) is 0 Å². The summed E-state index contributed by atoms with van der Waals surface area (Å²) < 4.78 is 11.0. The van der Waals surface area contributed by atoms with Crippen molar-refractivity contribution in [2.75, 3.05) is 18.5 Å². The van der Waals surface area contributed by atoms with Gasteiger partial charge < -0.3 is 19.9 Å². The Bertz CT molecular complexity index is 753. The number of carboxylic acids is 1. The van der Waals surface area contributed by atoms with E-state index < -0.39 is 5.97 Å². The number of anilines is 1. The number of rotatable bonds is 7. The Morgan fingerprint density at radius 2 is 1.79 bits per heavy atom. The van der Waals surface area contributed by atoms with E-state index in [4.69, 9.17) is 14.6 Å². The maximum absolute atomic E-state index is 12.4. The third kappa shape index (κ3) is 4.05. The van der Waals surface area contributed by atoms with Crippen LogP contribution in [0, 0.1) is 6.92 Å². The highest BCUT2D eigenvalue weighted by Gasteiger charge is 2.16. The van der Waals surface area contributed by atoms with Gasteiger partial charge in [-0.15, -0.1) is 11.3 Å². The highest BCUT2D eigenvalue weighted by atomic mass is 32.1. The lowest BCUT2D eigenvalue weighted by molar-refractivity contribution is 0.0701. The quantitative estimate of drug-likeness (QED) is 0.794. The number of carbonyl (C=O) groups excluding carboxylic acids is 1. The second-order valence-electron chi connectivity index (χ2n) is 4.91. The molecule has 0 bridgehead atoms. The van der Waals surface area contributed by atoms with Crippen LogP contribution in [-0.2, 0) is 0 Å². The Morgan fingerprint density at radius 3 is 2.38 bits per heavy atom. The van der Waals surface area contributed by atoms with Crippen LogP contribution in [0.1, 0.15) is 39.4 Å². The Labute approximate surface area is 144 Å². The average molecular weight is 349 g/mol. The monoisotopic (exact) mass is 349 g/mol. The zero-order valence-electron chi connectivity index (χ0n) is 13.7. The second kappa shape index (κ2) is 7.83. The smallest absolute Gasteiger partial charge is 0.346 e. The van der Waals surface area contributed by atoms with Crippen molar-refractivity contribution in [1.29, 1.82) is 0 Å². The van der Waals surface area contributed by atoms with Crippen LogP contribution in [0.5, 0.6) is 11.5 Å².